The molecule has 2 atom stereocenters. The summed E-state index contributed by atoms with van der Waals surface area (Å²) < 4.78 is 0. The average Bonchev–Trinajstić information content (AvgIpc) is 2.29. The van der Waals surface area contributed by atoms with Crippen molar-refractivity contribution in [1.82, 2.24) is 0 Å². The van der Waals surface area contributed by atoms with Crippen molar-refractivity contribution >= 4 is 5.78 Å². The fraction of sp³-hybridized carbons (Fsp3) is 0.900. The summed E-state index contributed by atoms with van der Waals surface area (Å²) in [6.45, 7) is 2.19. The maximum absolute atomic E-state index is 11.5. The van der Waals surface area contributed by atoms with E-state index in [0.717, 1.165) is 18.8 Å². The molecule has 0 saturated heterocycles. The summed E-state index contributed by atoms with van der Waals surface area (Å²) >= 11 is 0. The van der Waals surface area contributed by atoms with Crippen LogP contribution in [0.1, 0.15) is 45.4 Å². The van der Waals surface area contributed by atoms with Crippen LogP contribution in [0, 0.1) is 11.3 Å². The number of Topliss-reactive ketones (excluding diaryl/α,β-unsaturated/α-hetero) is 1. The van der Waals surface area contributed by atoms with Gasteiger partial charge in [0.25, 0.3) is 0 Å². The second-order valence-electron chi connectivity index (χ2n) is 4.32. The summed E-state index contributed by atoms with van der Waals surface area (Å²) in [4.78, 5) is 11.5. The van der Waals surface area contributed by atoms with E-state index in [4.69, 9.17) is 0 Å². The van der Waals surface area contributed by atoms with Crippen LogP contribution in [-0.2, 0) is 4.79 Å². The monoisotopic (exact) mass is 152 g/mol. The second kappa shape index (κ2) is 2.33. The molecule has 0 spiro atoms. The third-order valence-electron chi connectivity index (χ3n) is 3.76. The van der Waals surface area contributed by atoms with Gasteiger partial charge in [0.05, 0.1) is 0 Å². The van der Waals surface area contributed by atoms with Gasteiger partial charge in [-0.3, -0.25) is 4.79 Å². The van der Waals surface area contributed by atoms with Crippen LogP contribution in [0.5, 0.6) is 0 Å². The van der Waals surface area contributed by atoms with Crippen LogP contribution in [0.2, 0.25) is 0 Å². The van der Waals surface area contributed by atoms with Gasteiger partial charge in [-0.15, -0.1) is 0 Å². The van der Waals surface area contributed by atoms with Crippen molar-refractivity contribution in [2.24, 2.45) is 11.3 Å². The molecule has 2 saturated carbocycles. The van der Waals surface area contributed by atoms with Gasteiger partial charge in [-0.2, -0.15) is 0 Å². The maximum atomic E-state index is 11.5. The molecule has 2 rings (SSSR count). The molecule has 0 N–H and O–H groups in total. The number of carbonyl (C=O) groups is 1. The first-order valence-electron chi connectivity index (χ1n) is 4.77. The summed E-state index contributed by atoms with van der Waals surface area (Å²) in [7, 11) is 0. The minimum atomic E-state index is 0.109. The Morgan fingerprint density at radius 3 is 2.91 bits per heavy atom. The van der Waals surface area contributed by atoms with Gasteiger partial charge >= 0.3 is 0 Å². The molecule has 0 aromatic heterocycles. The third-order valence-corrected chi connectivity index (χ3v) is 3.76. The summed E-state index contributed by atoms with van der Waals surface area (Å²) in [6, 6.07) is 0. The lowest BCUT2D eigenvalue weighted by molar-refractivity contribution is -0.127. The predicted molar refractivity (Wildman–Crippen MR) is 44.3 cm³/mol. The lowest BCUT2D eigenvalue weighted by Gasteiger charge is -2.34. The highest BCUT2D eigenvalue weighted by molar-refractivity contribution is 5.87. The molecule has 0 aliphatic heterocycles. The molecule has 0 amide bonds. The number of carbonyl (C=O) groups excluding carboxylic acids is 1. The molecule has 0 bridgehead atoms. The van der Waals surface area contributed by atoms with Gasteiger partial charge < -0.3 is 0 Å². The Kier molecular flexibility index (Phi) is 1.55. The standard InChI is InChI=1S/C10H16O/c1-10-7-3-2-4-8(10)5-6-9(10)11/h8H,2-7H2,1H3/t8-,10-/m0/s1. The van der Waals surface area contributed by atoms with E-state index < -0.39 is 0 Å². The third kappa shape index (κ3) is 0.935. The largest absolute Gasteiger partial charge is 0.299 e. The lowest BCUT2D eigenvalue weighted by Crippen LogP contribution is -2.31. The number of rotatable bonds is 0. The molecule has 62 valence electrons. The predicted octanol–water partition coefficient (Wildman–Crippen LogP) is 2.55. The van der Waals surface area contributed by atoms with Crippen LogP contribution in [0.15, 0.2) is 0 Å². The van der Waals surface area contributed by atoms with Crippen LogP contribution < -0.4 is 0 Å². The molecular weight excluding hydrogens is 136 g/mol. The Morgan fingerprint density at radius 1 is 1.36 bits per heavy atom. The fourth-order valence-corrected chi connectivity index (χ4v) is 2.83. The summed E-state index contributed by atoms with van der Waals surface area (Å²) in [6.07, 6.45) is 7.14. The molecule has 1 heteroatoms. The number of fused-ring (bicyclic) bond motifs is 1. The Balaban J connectivity index is 2.23. The van der Waals surface area contributed by atoms with Crippen LogP contribution in [-0.4, -0.2) is 5.78 Å². The normalized spacial score (nSPS) is 44.1. The van der Waals surface area contributed by atoms with Gasteiger partial charge in [-0.25, -0.2) is 0 Å². The molecule has 0 aromatic rings. The topological polar surface area (TPSA) is 17.1 Å². The van der Waals surface area contributed by atoms with Crippen LogP contribution in [0.3, 0.4) is 0 Å². The molecular formula is C10H16O. The van der Waals surface area contributed by atoms with E-state index in [1.54, 1.807) is 0 Å². The first-order valence-corrected chi connectivity index (χ1v) is 4.77. The van der Waals surface area contributed by atoms with Crippen molar-refractivity contribution in [3.8, 4) is 0 Å². The molecule has 0 radical (unpaired) electrons. The minimum absolute atomic E-state index is 0.109. The number of hydrogen-bond donors (Lipinski definition) is 0. The summed E-state index contributed by atoms with van der Waals surface area (Å²) in [5.74, 6) is 1.28. The number of ketones is 1. The van der Waals surface area contributed by atoms with E-state index in [1.165, 1.54) is 25.7 Å². The Labute approximate surface area is 68.2 Å². The SMILES string of the molecule is C[C@]12CCCC[C@H]1CCC2=O. The van der Waals surface area contributed by atoms with Gasteiger partial charge in [0.2, 0.25) is 0 Å². The molecule has 0 aromatic carbocycles. The molecule has 2 aliphatic carbocycles. The fourth-order valence-electron chi connectivity index (χ4n) is 2.83. The van der Waals surface area contributed by atoms with Crippen LogP contribution in [0.25, 0.3) is 0 Å². The molecule has 0 heterocycles. The summed E-state index contributed by atoms with van der Waals surface area (Å²) in [5, 5.41) is 0. The van der Waals surface area contributed by atoms with Crippen molar-refractivity contribution < 1.29 is 4.79 Å². The van der Waals surface area contributed by atoms with Gasteiger partial charge in [0.1, 0.15) is 5.78 Å². The van der Waals surface area contributed by atoms with E-state index in [-0.39, 0.29) is 5.41 Å². The zero-order valence-electron chi connectivity index (χ0n) is 7.23. The Hall–Kier alpha value is -0.330. The summed E-state index contributed by atoms with van der Waals surface area (Å²) in [5.41, 5.74) is 0.109. The Bertz CT molecular complexity index is 185. The van der Waals surface area contributed by atoms with Gasteiger partial charge in [-0.1, -0.05) is 19.8 Å². The Morgan fingerprint density at radius 2 is 2.18 bits per heavy atom. The highest BCUT2D eigenvalue weighted by Gasteiger charge is 2.46. The number of hydrogen-bond acceptors (Lipinski definition) is 1. The quantitative estimate of drug-likeness (QED) is 0.521. The second-order valence-corrected chi connectivity index (χ2v) is 4.32. The van der Waals surface area contributed by atoms with E-state index in [0.29, 0.717) is 5.78 Å². The van der Waals surface area contributed by atoms with Crippen molar-refractivity contribution in [3.05, 3.63) is 0 Å². The maximum Gasteiger partial charge on any atom is 0.139 e. The highest BCUT2D eigenvalue weighted by atomic mass is 16.1. The molecule has 0 unspecified atom stereocenters. The zero-order valence-corrected chi connectivity index (χ0v) is 7.23. The van der Waals surface area contributed by atoms with E-state index in [1.807, 2.05) is 0 Å². The first-order chi connectivity index (χ1) is 5.23. The highest BCUT2D eigenvalue weighted by Crippen LogP contribution is 2.49. The van der Waals surface area contributed by atoms with Crippen molar-refractivity contribution in [2.75, 3.05) is 0 Å². The van der Waals surface area contributed by atoms with Gasteiger partial charge in [0, 0.05) is 11.8 Å². The molecule has 11 heavy (non-hydrogen) atoms. The lowest BCUT2D eigenvalue weighted by atomic mass is 9.69. The van der Waals surface area contributed by atoms with E-state index in [9.17, 15) is 4.79 Å². The van der Waals surface area contributed by atoms with Crippen LogP contribution >= 0.6 is 0 Å². The first kappa shape index (κ1) is 7.33. The molecule has 1 nitrogen and oxygen atoms in total. The van der Waals surface area contributed by atoms with Gasteiger partial charge in [-0.05, 0) is 25.2 Å². The van der Waals surface area contributed by atoms with Crippen molar-refractivity contribution in [1.29, 1.82) is 0 Å². The molecule has 2 aliphatic rings. The average molecular weight is 152 g/mol. The molecule has 2 fully saturated rings. The minimum Gasteiger partial charge on any atom is -0.299 e. The van der Waals surface area contributed by atoms with E-state index in [2.05, 4.69) is 6.92 Å². The van der Waals surface area contributed by atoms with Crippen LogP contribution in [0.4, 0.5) is 0 Å². The smallest absolute Gasteiger partial charge is 0.139 e. The zero-order chi connectivity index (χ0) is 7.90. The van der Waals surface area contributed by atoms with Gasteiger partial charge in [0.15, 0.2) is 0 Å². The van der Waals surface area contributed by atoms with Crippen molar-refractivity contribution in [2.45, 2.75) is 45.4 Å². The van der Waals surface area contributed by atoms with E-state index >= 15 is 0 Å². The van der Waals surface area contributed by atoms with Crippen molar-refractivity contribution in [3.63, 3.8) is 0 Å².